The number of imidazole rings is 1. The quantitative estimate of drug-likeness (QED) is 0.341. The van der Waals surface area contributed by atoms with Crippen molar-refractivity contribution in [3.05, 3.63) is 6.33 Å². The van der Waals surface area contributed by atoms with Crippen molar-refractivity contribution < 1.29 is 36.8 Å². The number of hydrogen-bond donors (Lipinski definition) is 2. The number of rotatable bonds is 9. The number of nitrogens with zero attached hydrogens (tertiary/aromatic N) is 4. The van der Waals surface area contributed by atoms with E-state index in [4.69, 9.17) is 27.2 Å². The molecule has 0 saturated carbocycles. The van der Waals surface area contributed by atoms with Gasteiger partial charge in [0.25, 0.3) is 0 Å². The van der Waals surface area contributed by atoms with E-state index in [1.54, 1.807) is 10.9 Å². The van der Waals surface area contributed by atoms with Gasteiger partial charge in [0.05, 0.1) is 26.7 Å². The van der Waals surface area contributed by atoms with E-state index in [1.165, 1.54) is 14.0 Å². The van der Waals surface area contributed by atoms with Gasteiger partial charge < -0.3 is 32.5 Å². The van der Waals surface area contributed by atoms with Crippen LogP contribution in [0.15, 0.2) is 6.33 Å². The highest BCUT2D eigenvalue weighted by Crippen LogP contribution is 2.51. The molecule has 2 aliphatic heterocycles. The van der Waals surface area contributed by atoms with Gasteiger partial charge in [-0.05, 0) is 36.0 Å². The monoisotopic (exact) mass is 666 g/mol. The van der Waals surface area contributed by atoms with E-state index in [9.17, 15) is 9.59 Å². The van der Waals surface area contributed by atoms with Crippen molar-refractivity contribution in [2.45, 2.75) is 122 Å². The Morgan fingerprint density at radius 1 is 1.07 bits per heavy atom. The van der Waals surface area contributed by atoms with Crippen molar-refractivity contribution in [1.29, 1.82) is 0 Å². The number of ether oxygens (including phenoxy) is 3. The maximum atomic E-state index is 13.0. The second-order valence-corrected chi connectivity index (χ2v) is 22.1. The third-order valence-electron chi connectivity index (χ3n) is 8.84. The van der Waals surface area contributed by atoms with Gasteiger partial charge in [-0.2, -0.15) is 9.97 Å². The lowest BCUT2D eigenvalue weighted by molar-refractivity contribution is -0.114. The Hall–Kier alpha value is -2.64. The first-order valence-electron chi connectivity index (χ1n) is 15.7. The van der Waals surface area contributed by atoms with E-state index in [-0.39, 0.29) is 46.5 Å². The van der Waals surface area contributed by atoms with Crippen LogP contribution in [0.5, 0.6) is 5.88 Å². The second-order valence-electron chi connectivity index (χ2n) is 13.2. The summed E-state index contributed by atoms with van der Waals surface area (Å²) in [5, 5.41) is 5.68. The number of carbonyl (C=O) groups is 2. The predicted octanol–water partition coefficient (Wildman–Crippen LogP) is 5.15. The summed E-state index contributed by atoms with van der Waals surface area (Å²) in [5.41, 5.74) is -0.0745. The van der Waals surface area contributed by atoms with Crippen LogP contribution in [0.3, 0.4) is 0 Å². The molecule has 0 aliphatic carbocycles. The molecule has 45 heavy (non-hydrogen) atoms. The molecule has 0 radical (unpaired) electrons. The zero-order valence-electron chi connectivity index (χ0n) is 28.6. The molecule has 14 nitrogen and oxygen atoms in total. The van der Waals surface area contributed by atoms with Crippen molar-refractivity contribution in [2.75, 3.05) is 25.6 Å². The molecule has 4 rings (SSSR count). The number of methoxy groups -OCH3 is 1. The predicted molar refractivity (Wildman–Crippen MR) is 172 cm³/mol. The molecule has 252 valence electrons. The second kappa shape index (κ2) is 13.2. The number of anilines is 1. The lowest BCUT2D eigenvalue weighted by atomic mass is 9.92. The Bertz CT molecular complexity index is 1370. The summed E-state index contributed by atoms with van der Waals surface area (Å²) in [6.07, 6.45) is -1.25. The third-order valence-corrected chi connectivity index (χ3v) is 19.1. The molecule has 2 fully saturated rings. The Morgan fingerprint density at radius 2 is 1.69 bits per heavy atom. The van der Waals surface area contributed by atoms with Crippen LogP contribution >= 0.6 is 0 Å². The van der Waals surface area contributed by atoms with Gasteiger partial charge in [-0.1, -0.05) is 55.4 Å². The summed E-state index contributed by atoms with van der Waals surface area (Å²) < 4.78 is 41.1. The Labute approximate surface area is 267 Å². The summed E-state index contributed by atoms with van der Waals surface area (Å²) in [4.78, 5) is 38.5. The van der Waals surface area contributed by atoms with Crippen molar-refractivity contribution in [1.82, 2.24) is 24.8 Å². The lowest BCUT2D eigenvalue weighted by Gasteiger charge is -2.52. The molecular formula is C29H50N6O8Si2. The molecule has 0 aromatic carbocycles. The summed E-state index contributed by atoms with van der Waals surface area (Å²) in [6, 6.07) is 0. The highest BCUT2D eigenvalue weighted by molar-refractivity contribution is 6.84. The van der Waals surface area contributed by atoms with Gasteiger partial charge in [-0.25, -0.2) is 9.78 Å². The Kier molecular flexibility index (Phi) is 10.4. The maximum absolute atomic E-state index is 13.0. The van der Waals surface area contributed by atoms with Crippen molar-refractivity contribution in [3.63, 3.8) is 0 Å². The summed E-state index contributed by atoms with van der Waals surface area (Å²) >= 11 is 0. The number of hydrogen-bond acceptors (Lipinski definition) is 11. The largest absolute Gasteiger partial charge is 0.476 e. The highest BCUT2D eigenvalue weighted by Gasteiger charge is 2.65. The normalized spacial score (nSPS) is 26.2. The molecule has 2 amide bonds. The highest BCUT2D eigenvalue weighted by atomic mass is 28.5. The number of aromatic nitrogens is 4. The van der Waals surface area contributed by atoms with E-state index in [1.807, 2.05) is 13.8 Å². The van der Waals surface area contributed by atoms with Crippen LogP contribution in [0.1, 0.15) is 82.4 Å². The summed E-state index contributed by atoms with van der Waals surface area (Å²) in [5.74, 6) is -0.0799. The molecule has 2 aromatic rings. The van der Waals surface area contributed by atoms with Crippen LogP contribution in [0.4, 0.5) is 10.7 Å². The molecule has 1 unspecified atom stereocenters. The summed E-state index contributed by atoms with van der Waals surface area (Å²) in [7, 11) is -4.62. The lowest BCUT2D eigenvalue weighted by Crippen LogP contribution is -2.68. The van der Waals surface area contributed by atoms with Gasteiger partial charge in [-0.3, -0.25) is 14.7 Å². The standard InChI is InChI=1S/C29H50N6O8Si2/c1-13-39-25-22-24(32-27(33-25)31-20(10)36)35(15-30-22)26-29(11,34-28(37)38-12)23-21(41-26)14-40-44(16(2)3,17(4)5)43-45(42-23,18(6)7)19(8)9/h15-19,21,23,26H,13-14H2,1-12H3,(H,34,37)(H,31,32,33,36)/t21-,23?,26-,29-/m1/s1. The number of carbonyl (C=O) groups excluding carboxylic acids is 2. The van der Waals surface area contributed by atoms with Crippen LogP contribution in [-0.2, 0) is 27.2 Å². The number of amides is 2. The van der Waals surface area contributed by atoms with Gasteiger partial charge in [0, 0.05) is 6.92 Å². The van der Waals surface area contributed by atoms with Crippen LogP contribution in [0, 0.1) is 0 Å². The third kappa shape index (κ3) is 6.24. The molecule has 0 bridgehead atoms. The van der Waals surface area contributed by atoms with Gasteiger partial charge in [-0.15, -0.1) is 0 Å². The first-order chi connectivity index (χ1) is 21.1. The van der Waals surface area contributed by atoms with Crippen LogP contribution in [0.25, 0.3) is 11.2 Å². The van der Waals surface area contributed by atoms with Gasteiger partial charge in [0.15, 0.2) is 17.4 Å². The van der Waals surface area contributed by atoms with Crippen molar-refractivity contribution in [2.24, 2.45) is 0 Å². The molecule has 2 aromatic heterocycles. The van der Waals surface area contributed by atoms with E-state index >= 15 is 0 Å². The first kappa shape index (κ1) is 35.2. The zero-order chi connectivity index (χ0) is 33.5. The minimum atomic E-state index is -3.09. The topological polar surface area (TPSA) is 157 Å². The average Bonchev–Trinajstić information content (AvgIpc) is 3.46. The molecule has 2 N–H and O–H groups in total. The maximum Gasteiger partial charge on any atom is 0.407 e. The molecule has 16 heteroatoms. The summed E-state index contributed by atoms with van der Waals surface area (Å²) in [6.45, 7) is 22.8. The molecule has 2 aliphatic rings. The van der Waals surface area contributed by atoms with E-state index < -0.39 is 47.2 Å². The fraction of sp³-hybridized carbons (Fsp3) is 0.759. The van der Waals surface area contributed by atoms with Crippen LogP contribution < -0.4 is 15.4 Å². The average molecular weight is 667 g/mol. The Balaban J connectivity index is 1.94. The van der Waals surface area contributed by atoms with Gasteiger partial charge in [0.2, 0.25) is 17.7 Å². The smallest absolute Gasteiger partial charge is 0.407 e. The molecule has 0 spiro atoms. The SMILES string of the molecule is CCOc1nc(NC(C)=O)nc2c1ncn2[C@@H]1O[C@@H]2CO[Si](C(C)C)(C(C)C)O[Si](C(C)C)(C(C)C)OC2[C@@]1(C)NC(=O)OC. The zero-order valence-corrected chi connectivity index (χ0v) is 30.6. The van der Waals surface area contributed by atoms with Crippen LogP contribution in [-0.4, -0.2) is 86.7 Å². The Morgan fingerprint density at radius 3 is 2.22 bits per heavy atom. The minimum absolute atomic E-state index is 0.0514. The molecule has 2 saturated heterocycles. The fourth-order valence-corrected chi connectivity index (χ4v) is 17.9. The van der Waals surface area contributed by atoms with Gasteiger partial charge in [0.1, 0.15) is 17.7 Å². The van der Waals surface area contributed by atoms with Crippen LogP contribution in [0.2, 0.25) is 22.2 Å². The van der Waals surface area contributed by atoms with Crippen molar-refractivity contribution in [3.8, 4) is 5.88 Å². The number of alkyl carbamates (subject to hydrolysis) is 1. The van der Waals surface area contributed by atoms with E-state index in [0.717, 1.165) is 0 Å². The van der Waals surface area contributed by atoms with Gasteiger partial charge >= 0.3 is 23.2 Å². The number of fused-ring (bicyclic) bond motifs is 2. The molecule has 4 heterocycles. The van der Waals surface area contributed by atoms with E-state index in [0.29, 0.717) is 17.8 Å². The van der Waals surface area contributed by atoms with E-state index in [2.05, 4.69) is 81.0 Å². The molecular weight excluding hydrogens is 617 g/mol. The first-order valence-corrected chi connectivity index (χ1v) is 19.7. The van der Waals surface area contributed by atoms with Crippen molar-refractivity contribution >= 4 is 46.2 Å². The fourth-order valence-electron chi connectivity index (χ4n) is 6.63. The number of nitrogens with one attached hydrogen (secondary N) is 2. The molecule has 4 atom stereocenters. The minimum Gasteiger partial charge on any atom is -0.476 e.